The zero-order valence-electron chi connectivity index (χ0n) is 11.6. The Kier molecular flexibility index (Phi) is 6.70. The van der Waals surface area contributed by atoms with Crippen LogP contribution < -0.4 is 5.73 Å². The number of nitrogens with zero attached hydrogens (tertiary/aromatic N) is 3. The summed E-state index contributed by atoms with van der Waals surface area (Å²) < 4.78 is 37.2. The first kappa shape index (κ1) is 18.5. The van der Waals surface area contributed by atoms with E-state index >= 15 is 0 Å². The molecule has 1 saturated heterocycles. The van der Waals surface area contributed by atoms with Crippen LogP contribution in [0.3, 0.4) is 0 Å². The Hall–Kier alpha value is -0.580. The van der Waals surface area contributed by atoms with Crippen molar-refractivity contribution in [3.05, 3.63) is 16.1 Å². The summed E-state index contributed by atoms with van der Waals surface area (Å²) in [4.78, 5) is 9.65. The smallest absolute Gasteiger partial charge is 0.370 e. The highest BCUT2D eigenvalue weighted by atomic mass is 127. The maximum absolute atomic E-state index is 12.4. The molecule has 0 bridgehead atoms. The van der Waals surface area contributed by atoms with Gasteiger partial charge in [0.2, 0.25) is 0 Å². The van der Waals surface area contributed by atoms with Crippen LogP contribution in [0.2, 0.25) is 0 Å². The molecular weight excluding hydrogens is 416 g/mol. The van der Waals surface area contributed by atoms with E-state index in [-0.39, 0.29) is 30.5 Å². The Balaban J connectivity index is 0.00000220. The number of hydrogen-bond donors (Lipinski definition) is 1. The standard InChI is InChI=1S/C12H17F3N4S.HI/c1-8-3-2-4-19(6-8)11(16)17-5-10-18-9(7-20-10)12(13,14)15;/h7-8H,2-6H2,1H3,(H2,16,17);1H. The van der Waals surface area contributed by atoms with Crippen molar-refractivity contribution >= 4 is 41.3 Å². The number of rotatable bonds is 2. The number of piperidine rings is 1. The van der Waals surface area contributed by atoms with E-state index in [2.05, 4.69) is 16.9 Å². The first-order valence-corrected chi connectivity index (χ1v) is 7.30. The lowest BCUT2D eigenvalue weighted by molar-refractivity contribution is -0.140. The highest BCUT2D eigenvalue weighted by molar-refractivity contribution is 14.0. The Morgan fingerprint density at radius 2 is 2.29 bits per heavy atom. The lowest BCUT2D eigenvalue weighted by Gasteiger charge is -2.31. The van der Waals surface area contributed by atoms with Crippen molar-refractivity contribution in [2.75, 3.05) is 13.1 Å². The summed E-state index contributed by atoms with van der Waals surface area (Å²) in [5, 5.41) is 1.33. The summed E-state index contributed by atoms with van der Waals surface area (Å²) in [7, 11) is 0. The fourth-order valence-corrected chi connectivity index (χ4v) is 2.88. The van der Waals surface area contributed by atoms with Crippen molar-refractivity contribution < 1.29 is 13.2 Å². The minimum Gasteiger partial charge on any atom is -0.370 e. The number of hydrogen-bond acceptors (Lipinski definition) is 3. The van der Waals surface area contributed by atoms with Gasteiger partial charge in [0.25, 0.3) is 0 Å². The van der Waals surface area contributed by atoms with Gasteiger partial charge in [0.1, 0.15) is 5.01 Å². The van der Waals surface area contributed by atoms with E-state index in [1.165, 1.54) is 6.42 Å². The topological polar surface area (TPSA) is 54.5 Å². The number of alkyl halides is 3. The fraction of sp³-hybridized carbons (Fsp3) is 0.667. The third kappa shape index (κ3) is 5.28. The zero-order valence-corrected chi connectivity index (χ0v) is 14.7. The van der Waals surface area contributed by atoms with Gasteiger partial charge in [0.05, 0.1) is 6.54 Å². The van der Waals surface area contributed by atoms with Gasteiger partial charge in [-0.05, 0) is 18.8 Å². The van der Waals surface area contributed by atoms with Gasteiger partial charge in [-0.2, -0.15) is 13.2 Å². The van der Waals surface area contributed by atoms with E-state index in [1.807, 2.05) is 4.90 Å². The van der Waals surface area contributed by atoms with Gasteiger partial charge in [0, 0.05) is 18.5 Å². The van der Waals surface area contributed by atoms with Crippen LogP contribution in [0.15, 0.2) is 10.4 Å². The predicted octanol–water partition coefficient (Wildman–Crippen LogP) is 3.33. The minimum absolute atomic E-state index is 0. The Morgan fingerprint density at radius 1 is 1.57 bits per heavy atom. The summed E-state index contributed by atoms with van der Waals surface area (Å²) in [5.74, 6) is 0.953. The molecule has 21 heavy (non-hydrogen) atoms. The van der Waals surface area contributed by atoms with Crippen LogP contribution in [-0.2, 0) is 12.7 Å². The van der Waals surface area contributed by atoms with E-state index in [4.69, 9.17) is 5.73 Å². The van der Waals surface area contributed by atoms with Crippen LogP contribution in [0.5, 0.6) is 0 Å². The van der Waals surface area contributed by atoms with Crippen molar-refractivity contribution in [1.82, 2.24) is 9.88 Å². The molecule has 1 fully saturated rings. The molecule has 9 heteroatoms. The molecular formula is C12H18F3IN4S. The van der Waals surface area contributed by atoms with E-state index in [0.717, 1.165) is 36.2 Å². The first-order chi connectivity index (χ1) is 9.36. The number of thiazole rings is 1. The molecule has 1 aromatic rings. The van der Waals surface area contributed by atoms with Crippen molar-refractivity contribution in [2.24, 2.45) is 16.6 Å². The van der Waals surface area contributed by atoms with Crippen molar-refractivity contribution in [3.8, 4) is 0 Å². The molecule has 2 rings (SSSR count). The Bertz CT molecular complexity index is 489. The van der Waals surface area contributed by atoms with Gasteiger partial charge in [-0.25, -0.2) is 9.98 Å². The SMILES string of the molecule is CC1CCCN(C(N)=NCc2nc(C(F)(F)F)cs2)C1.I. The van der Waals surface area contributed by atoms with Crippen LogP contribution in [-0.4, -0.2) is 28.9 Å². The van der Waals surface area contributed by atoms with Crippen molar-refractivity contribution in [3.63, 3.8) is 0 Å². The highest BCUT2D eigenvalue weighted by Gasteiger charge is 2.33. The molecule has 1 aliphatic heterocycles. The van der Waals surface area contributed by atoms with Gasteiger partial charge >= 0.3 is 6.18 Å². The summed E-state index contributed by atoms with van der Waals surface area (Å²) >= 11 is 0.953. The van der Waals surface area contributed by atoms with Gasteiger partial charge in [0.15, 0.2) is 11.7 Å². The second-order valence-electron chi connectivity index (χ2n) is 4.99. The van der Waals surface area contributed by atoms with Gasteiger partial charge in [-0.3, -0.25) is 0 Å². The summed E-state index contributed by atoms with van der Waals surface area (Å²) in [5.41, 5.74) is 5.02. The van der Waals surface area contributed by atoms with Gasteiger partial charge in [-0.1, -0.05) is 6.92 Å². The number of likely N-dealkylation sites (tertiary alicyclic amines) is 1. The molecule has 1 unspecified atom stereocenters. The molecule has 1 aliphatic rings. The molecule has 0 aliphatic carbocycles. The third-order valence-electron chi connectivity index (χ3n) is 3.20. The number of nitrogens with two attached hydrogens (primary N) is 1. The quantitative estimate of drug-likeness (QED) is 0.442. The molecule has 4 nitrogen and oxygen atoms in total. The molecule has 0 aromatic carbocycles. The fourth-order valence-electron chi connectivity index (χ4n) is 2.16. The van der Waals surface area contributed by atoms with Crippen LogP contribution in [0, 0.1) is 5.92 Å². The maximum atomic E-state index is 12.4. The zero-order chi connectivity index (χ0) is 14.8. The second-order valence-corrected chi connectivity index (χ2v) is 5.93. The van der Waals surface area contributed by atoms with Crippen LogP contribution >= 0.6 is 35.3 Å². The van der Waals surface area contributed by atoms with E-state index in [1.54, 1.807) is 0 Å². The lowest BCUT2D eigenvalue weighted by atomic mass is 10.0. The predicted molar refractivity (Wildman–Crippen MR) is 87.8 cm³/mol. The molecule has 0 amide bonds. The second kappa shape index (κ2) is 7.61. The number of aliphatic imine (C=N–C) groups is 1. The average Bonchev–Trinajstić information content (AvgIpc) is 2.84. The highest BCUT2D eigenvalue weighted by Crippen LogP contribution is 2.30. The van der Waals surface area contributed by atoms with Crippen molar-refractivity contribution in [1.29, 1.82) is 0 Å². The number of aromatic nitrogens is 1. The average molecular weight is 434 g/mol. The summed E-state index contributed by atoms with van der Waals surface area (Å²) in [6.45, 7) is 3.94. The molecule has 2 heterocycles. The third-order valence-corrected chi connectivity index (χ3v) is 4.03. The molecule has 1 atom stereocenters. The lowest BCUT2D eigenvalue weighted by Crippen LogP contribution is -2.43. The summed E-state index contributed by atoms with van der Waals surface area (Å²) in [6, 6.07) is 0. The van der Waals surface area contributed by atoms with Gasteiger partial charge in [-0.15, -0.1) is 35.3 Å². The molecule has 1 aromatic heterocycles. The summed E-state index contributed by atoms with van der Waals surface area (Å²) in [6.07, 6.45) is -2.16. The Labute approximate surface area is 142 Å². The normalized spacial score (nSPS) is 20.3. The molecule has 120 valence electrons. The Morgan fingerprint density at radius 3 is 2.86 bits per heavy atom. The molecule has 0 saturated carbocycles. The first-order valence-electron chi connectivity index (χ1n) is 6.42. The molecule has 0 radical (unpaired) electrons. The minimum atomic E-state index is -4.40. The van der Waals surface area contributed by atoms with E-state index < -0.39 is 11.9 Å². The van der Waals surface area contributed by atoms with Crippen LogP contribution in [0.25, 0.3) is 0 Å². The van der Waals surface area contributed by atoms with E-state index in [9.17, 15) is 13.2 Å². The monoisotopic (exact) mass is 434 g/mol. The number of halogens is 4. The van der Waals surface area contributed by atoms with Gasteiger partial charge < -0.3 is 10.6 Å². The van der Waals surface area contributed by atoms with Crippen LogP contribution in [0.1, 0.15) is 30.5 Å². The van der Waals surface area contributed by atoms with E-state index in [0.29, 0.717) is 16.9 Å². The number of guanidine groups is 1. The maximum Gasteiger partial charge on any atom is 0.434 e. The molecule has 0 spiro atoms. The largest absolute Gasteiger partial charge is 0.434 e. The molecule has 2 N–H and O–H groups in total. The van der Waals surface area contributed by atoms with Crippen molar-refractivity contribution in [2.45, 2.75) is 32.5 Å². The van der Waals surface area contributed by atoms with Crippen LogP contribution in [0.4, 0.5) is 13.2 Å².